The summed E-state index contributed by atoms with van der Waals surface area (Å²) in [6.07, 6.45) is 1.18. The van der Waals surface area contributed by atoms with Crippen LogP contribution < -0.4 is 0 Å². The van der Waals surface area contributed by atoms with Gasteiger partial charge in [0.25, 0.3) is 0 Å². The van der Waals surface area contributed by atoms with E-state index < -0.39 is 6.10 Å². The summed E-state index contributed by atoms with van der Waals surface area (Å²) in [6.45, 7) is 3.32. The van der Waals surface area contributed by atoms with Crippen molar-refractivity contribution in [2.75, 3.05) is 27.7 Å². The minimum Gasteiger partial charge on any atom is -0.459 e. The molecule has 0 aliphatic rings. The molecule has 0 radical (unpaired) electrons. The highest BCUT2D eigenvalue weighted by atomic mass is 35.5. The van der Waals surface area contributed by atoms with E-state index in [4.69, 9.17) is 9.84 Å². The van der Waals surface area contributed by atoms with Crippen LogP contribution in [0.2, 0.25) is 0 Å². The zero-order chi connectivity index (χ0) is 11.4. The predicted octanol–water partition coefficient (Wildman–Crippen LogP) is 0.942. The highest BCUT2D eigenvalue weighted by Gasteiger charge is 2.12. The molecular weight excluding hydrogens is 218 g/mol. The number of esters is 1. The van der Waals surface area contributed by atoms with Crippen LogP contribution in [0.3, 0.4) is 0 Å². The van der Waals surface area contributed by atoms with Gasteiger partial charge in [0.1, 0.15) is 12.8 Å². The second-order valence-corrected chi connectivity index (χ2v) is 4.38. The van der Waals surface area contributed by atoms with Crippen molar-refractivity contribution < 1.29 is 19.1 Å². The number of carbonyl (C=O) groups excluding carboxylic acids is 1. The van der Waals surface area contributed by atoms with Gasteiger partial charge in [0.05, 0.1) is 32.8 Å². The lowest BCUT2D eigenvalue weighted by Gasteiger charge is -2.18. The van der Waals surface area contributed by atoms with Gasteiger partial charge >= 0.3 is 5.97 Å². The zero-order valence-electron chi connectivity index (χ0n) is 9.98. The molecule has 90 valence electrons. The van der Waals surface area contributed by atoms with E-state index in [1.807, 2.05) is 21.1 Å². The second kappa shape index (κ2) is 6.82. The van der Waals surface area contributed by atoms with Crippen molar-refractivity contribution in [2.24, 2.45) is 0 Å². The molecule has 0 saturated carbocycles. The number of ether oxygens (including phenoxy) is 1. The molecule has 1 N–H and O–H groups in total. The molecule has 0 fully saturated rings. The van der Waals surface area contributed by atoms with Crippen LogP contribution in [0.5, 0.6) is 0 Å². The van der Waals surface area contributed by atoms with Crippen molar-refractivity contribution >= 4 is 18.4 Å². The highest BCUT2D eigenvalue weighted by Crippen LogP contribution is 2.02. The predicted molar refractivity (Wildman–Crippen MR) is 61.7 cm³/mol. The minimum atomic E-state index is -0.615. The first-order chi connectivity index (χ1) is 6.22. The van der Waals surface area contributed by atoms with E-state index in [2.05, 4.69) is 0 Å². The topological polar surface area (TPSA) is 46.5 Å². The van der Waals surface area contributed by atoms with Gasteiger partial charge in [-0.1, -0.05) is 0 Å². The number of aliphatic hydroxyl groups is 1. The van der Waals surface area contributed by atoms with E-state index in [0.29, 0.717) is 10.1 Å². The average Bonchev–Trinajstić information content (AvgIpc) is 1.96. The molecule has 5 heteroatoms. The number of hydrogen-bond donors (Lipinski definition) is 1. The number of halogens is 1. The Labute approximate surface area is 97.5 Å². The molecule has 0 aliphatic carbocycles. The summed E-state index contributed by atoms with van der Waals surface area (Å²) in [5, 5.41) is 8.92. The molecule has 0 aromatic heterocycles. The molecule has 0 amide bonds. The number of rotatable bonds is 4. The van der Waals surface area contributed by atoms with Crippen LogP contribution in [0.4, 0.5) is 0 Å². The third-order valence-electron chi connectivity index (χ3n) is 1.36. The summed E-state index contributed by atoms with van der Waals surface area (Å²) < 4.78 is 5.41. The Kier molecular flexibility index (Phi) is 7.66. The molecule has 1 atom stereocenters. The lowest BCUT2D eigenvalue weighted by Crippen LogP contribution is -2.28. The Hall–Kier alpha value is -0.580. The van der Waals surface area contributed by atoms with Gasteiger partial charge in [-0.25, -0.2) is 4.79 Å². The van der Waals surface area contributed by atoms with E-state index in [0.717, 1.165) is 0 Å². The van der Waals surface area contributed by atoms with Gasteiger partial charge in [0.2, 0.25) is 0 Å². The van der Waals surface area contributed by atoms with Crippen LogP contribution in [-0.2, 0) is 9.53 Å². The Balaban J connectivity index is 0. The largest absolute Gasteiger partial charge is 0.459 e. The zero-order valence-corrected chi connectivity index (χ0v) is 10.8. The molecule has 0 aliphatic heterocycles. The Morgan fingerprint density at radius 2 is 1.93 bits per heavy atom. The van der Waals surface area contributed by atoms with Crippen molar-refractivity contribution in [1.29, 1.82) is 0 Å². The van der Waals surface area contributed by atoms with E-state index in [1.165, 1.54) is 0 Å². The maximum absolute atomic E-state index is 11.3. The first-order valence-corrected chi connectivity index (χ1v) is 4.58. The molecule has 0 heterocycles. The van der Waals surface area contributed by atoms with E-state index in [-0.39, 0.29) is 25.0 Å². The molecule has 1 unspecified atom stereocenters. The summed E-state index contributed by atoms with van der Waals surface area (Å²) in [7, 11) is 5.85. The lowest BCUT2D eigenvalue weighted by atomic mass is 10.3. The summed E-state index contributed by atoms with van der Waals surface area (Å²) in [6, 6.07) is 0. The molecular formula is C10H21ClNO3+. The molecule has 0 bridgehead atoms. The quantitative estimate of drug-likeness (QED) is 0.451. The fourth-order valence-electron chi connectivity index (χ4n) is 0.944. The van der Waals surface area contributed by atoms with Crippen LogP contribution in [0, 0.1) is 0 Å². The molecule has 0 aromatic carbocycles. The van der Waals surface area contributed by atoms with Crippen molar-refractivity contribution in [1.82, 2.24) is 0 Å². The van der Waals surface area contributed by atoms with E-state index in [9.17, 15) is 4.79 Å². The van der Waals surface area contributed by atoms with Gasteiger partial charge in [0.15, 0.2) is 0 Å². The second-order valence-electron chi connectivity index (χ2n) is 4.38. The fourth-order valence-corrected chi connectivity index (χ4v) is 0.944. The molecule has 0 rings (SSSR count). The van der Waals surface area contributed by atoms with Crippen molar-refractivity contribution in [2.45, 2.75) is 20.0 Å². The Bertz CT molecular complexity index is 231. The summed E-state index contributed by atoms with van der Waals surface area (Å²) in [4.78, 5) is 11.3. The van der Waals surface area contributed by atoms with Gasteiger partial charge in [-0.2, -0.15) is 0 Å². The van der Waals surface area contributed by atoms with E-state index in [1.54, 1.807) is 20.0 Å². The van der Waals surface area contributed by atoms with Gasteiger partial charge in [-0.05, 0) is 13.8 Å². The molecule has 0 spiro atoms. The maximum Gasteiger partial charge on any atom is 0.339 e. The van der Waals surface area contributed by atoms with E-state index >= 15 is 0 Å². The summed E-state index contributed by atoms with van der Waals surface area (Å²) in [5.74, 6) is -0.376. The van der Waals surface area contributed by atoms with Crippen molar-refractivity contribution in [3.63, 3.8) is 0 Å². The monoisotopic (exact) mass is 238 g/mol. The summed E-state index contributed by atoms with van der Waals surface area (Å²) in [5.41, 5.74) is 0.554. The first kappa shape index (κ1) is 16.8. The lowest BCUT2D eigenvalue weighted by molar-refractivity contribution is -0.817. The summed E-state index contributed by atoms with van der Waals surface area (Å²) >= 11 is 0. The van der Waals surface area contributed by atoms with Gasteiger partial charge < -0.3 is 14.3 Å². The highest BCUT2D eigenvalue weighted by molar-refractivity contribution is 5.87. The van der Waals surface area contributed by atoms with Crippen LogP contribution in [0.15, 0.2) is 11.8 Å². The molecule has 4 nitrogen and oxygen atoms in total. The van der Waals surface area contributed by atoms with Gasteiger partial charge in [-0.15, -0.1) is 12.4 Å². The molecule has 15 heavy (non-hydrogen) atoms. The number of carbonyl (C=O) groups is 1. The standard InChI is InChI=1S/C10H20NO3.ClH/c1-8(6-11(3,4)5)10(13)14-7-9(2)12;/h6,9,12H,7H2,1-5H3;1H/q+1;. The van der Waals surface area contributed by atoms with Crippen molar-refractivity contribution in [3.8, 4) is 0 Å². The van der Waals surface area contributed by atoms with Crippen molar-refractivity contribution in [3.05, 3.63) is 11.8 Å². The minimum absolute atomic E-state index is 0. The third-order valence-corrected chi connectivity index (χ3v) is 1.36. The smallest absolute Gasteiger partial charge is 0.339 e. The van der Waals surface area contributed by atoms with Gasteiger partial charge in [-0.3, -0.25) is 0 Å². The SMILES string of the molecule is CC(=C[N+](C)(C)C)C(=O)OCC(C)O.Cl. The van der Waals surface area contributed by atoms with Crippen LogP contribution >= 0.6 is 12.4 Å². The van der Waals surface area contributed by atoms with Crippen LogP contribution in [0.25, 0.3) is 0 Å². The third kappa shape index (κ3) is 9.72. The fraction of sp³-hybridized carbons (Fsp3) is 0.700. The Morgan fingerprint density at radius 1 is 1.47 bits per heavy atom. The molecule has 0 aromatic rings. The van der Waals surface area contributed by atoms with Crippen LogP contribution in [-0.4, -0.2) is 49.4 Å². The first-order valence-electron chi connectivity index (χ1n) is 4.58. The number of nitrogens with zero attached hydrogens (tertiary/aromatic N) is 1. The normalized spacial score (nSPS) is 14.1. The number of aliphatic hydroxyl groups excluding tert-OH is 1. The Morgan fingerprint density at radius 3 is 2.27 bits per heavy atom. The number of hydrogen-bond acceptors (Lipinski definition) is 3. The maximum atomic E-state index is 11.3. The molecule has 0 saturated heterocycles. The van der Waals surface area contributed by atoms with Gasteiger partial charge in [0, 0.05) is 0 Å². The number of quaternary nitrogens is 1. The van der Waals surface area contributed by atoms with Crippen LogP contribution in [0.1, 0.15) is 13.8 Å². The average molecular weight is 239 g/mol.